The Balaban J connectivity index is 1.83. The Morgan fingerprint density at radius 1 is 1.33 bits per heavy atom. The number of ketones is 1. The lowest BCUT2D eigenvalue weighted by Gasteiger charge is -2.43. The van der Waals surface area contributed by atoms with Gasteiger partial charge in [-0.25, -0.2) is 0 Å². The van der Waals surface area contributed by atoms with Gasteiger partial charge in [0.15, 0.2) is 0 Å². The van der Waals surface area contributed by atoms with E-state index in [4.69, 9.17) is 4.74 Å². The van der Waals surface area contributed by atoms with E-state index in [-0.39, 0.29) is 5.60 Å². The van der Waals surface area contributed by atoms with Crippen LogP contribution in [0.25, 0.3) is 0 Å². The fourth-order valence-electron chi connectivity index (χ4n) is 3.15. The topological polar surface area (TPSA) is 26.3 Å². The number of Topliss-reactive ketones (excluding diaryl/α,β-unsaturated/α-hetero) is 1. The van der Waals surface area contributed by atoms with Gasteiger partial charge in [-0.05, 0) is 43.6 Å². The summed E-state index contributed by atoms with van der Waals surface area (Å²) in [5.74, 6) is 3.20. The lowest BCUT2D eigenvalue weighted by atomic mass is 9.79. The molecule has 2 rings (SSSR count). The number of hydrogen-bond acceptors (Lipinski definition) is 3. The second kappa shape index (κ2) is 6.95. The predicted molar refractivity (Wildman–Crippen MR) is 77.1 cm³/mol. The molecule has 1 unspecified atom stereocenters. The highest BCUT2D eigenvalue weighted by molar-refractivity contribution is 7.99. The number of carbonyl (C=O) groups is 1. The lowest BCUT2D eigenvalue weighted by molar-refractivity contribution is -0.138. The quantitative estimate of drug-likeness (QED) is 0.710. The minimum Gasteiger partial charge on any atom is -0.375 e. The molecule has 0 aromatic rings. The maximum atomic E-state index is 12.2. The van der Waals surface area contributed by atoms with Gasteiger partial charge in [0.25, 0.3) is 0 Å². The van der Waals surface area contributed by atoms with Crippen LogP contribution in [0.4, 0.5) is 0 Å². The molecule has 2 heterocycles. The Morgan fingerprint density at radius 3 is 2.83 bits per heavy atom. The normalized spacial score (nSPS) is 27.3. The van der Waals surface area contributed by atoms with Crippen molar-refractivity contribution < 1.29 is 9.53 Å². The number of carbonyl (C=O) groups excluding carboxylic acids is 1. The van der Waals surface area contributed by atoms with Crippen molar-refractivity contribution in [1.82, 2.24) is 0 Å². The molecule has 1 spiro atoms. The highest BCUT2D eigenvalue weighted by Gasteiger charge is 2.40. The molecule has 2 nitrogen and oxygen atoms in total. The van der Waals surface area contributed by atoms with Crippen LogP contribution in [0, 0.1) is 5.92 Å². The first kappa shape index (κ1) is 14.4. The van der Waals surface area contributed by atoms with Crippen LogP contribution in [0.2, 0.25) is 0 Å². The molecule has 0 radical (unpaired) electrons. The molecule has 2 aliphatic rings. The predicted octanol–water partition coefficient (Wildman–Crippen LogP) is 3.83. The molecule has 0 bridgehead atoms. The summed E-state index contributed by atoms with van der Waals surface area (Å²) in [6.07, 6.45) is 8.52. The van der Waals surface area contributed by atoms with Crippen LogP contribution >= 0.6 is 11.8 Å². The van der Waals surface area contributed by atoms with Crippen LogP contribution in [0.5, 0.6) is 0 Å². The van der Waals surface area contributed by atoms with E-state index in [1.807, 2.05) is 11.8 Å². The summed E-state index contributed by atoms with van der Waals surface area (Å²) < 4.78 is 6.05. The Morgan fingerprint density at radius 2 is 2.11 bits per heavy atom. The summed E-state index contributed by atoms with van der Waals surface area (Å²) in [7, 11) is 0. The van der Waals surface area contributed by atoms with Crippen molar-refractivity contribution >= 4 is 17.5 Å². The third-order valence-corrected chi connectivity index (χ3v) is 5.36. The van der Waals surface area contributed by atoms with Crippen molar-refractivity contribution in [2.45, 2.75) is 63.9 Å². The van der Waals surface area contributed by atoms with E-state index in [1.54, 1.807) is 0 Å². The fourth-order valence-corrected chi connectivity index (χ4v) is 4.38. The molecule has 0 aromatic heterocycles. The first-order valence-electron chi connectivity index (χ1n) is 7.50. The van der Waals surface area contributed by atoms with Crippen molar-refractivity contribution in [2.24, 2.45) is 5.92 Å². The van der Waals surface area contributed by atoms with Gasteiger partial charge in [-0.1, -0.05) is 19.8 Å². The van der Waals surface area contributed by atoms with E-state index in [2.05, 4.69) is 6.92 Å². The number of hydrogen-bond donors (Lipinski definition) is 0. The van der Waals surface area contributed by atoms with E-state index < -0.39 is 0 Å². The van der Waals surface area contributed by atoms with Gasteiger partial charge in [-0.2, -0.15) is 11.8 Å². The van der Waals surface area contributed by atoms with Crippen molar-refractivity contribution in [3.8, 4) is 0 Å². The SMILES string of the molecule is CCCCCC(=O)C1CCOC2(CCSCC2)C1. The maximum Gasteiger partial charge on any atom is 0.136 e. The Kier molecular flexibility index (Phi) is 5.56. The summed E-state index contributed by atoms with van der Waals surface area (Å²) in [6.45, 7) is 2.99. The molecule has 0 amide bonds. The van der Waals surface area contributed by atoms with Gasteiger partial charge >= 0.3 is 0 Å². The molecule has 18 heavy (non-hydrogen) atoms. The minimum atomic E-state index is 0.0641. The maximum absolute atomic E-state index is 12.2. The Labute approximate surface area is 115 Å². The van der Waals surface area contributed by atoms with Gasteiger partial charge < -0.3 is 4.74 Å². The van der Waals surface area contributed by atoms with Crippen molar-refractivity contribution in [3.63, 3.8) is 0 Å². The van der Waals surface area contributed by atoms with Crippen molar-refractivity contribution in [3.05, 3.63) is 0 Å². The molecule has 0 saturated carbocycles. The van der Waals surface area contributed by atoms with Gasteiger partial charge in [0.1, 0.15) is 5.78 Å². The molecule has 1 atom stereocenters. The third kappa shape index (κ3) is 3.74. The van der Waals surface area contributed by atoms with Crippen LogP contribution in [0.3, 0.4) is 0 Å². The Bertz CT molecular complexity index is 266. The summed E-state index contributed by atoms with van der Waals surface area (Å²) in [4.78, 5) is 12.2. The van der Waals surface area contributed by atoms with Gasteiger partial charge in [-0.15, -0.1) is 0 Å². The zero-order valence-corrected chi connectivity index (χ0v) is 12.4. The average Bonchev–Trinajstić information content (AvgIpc) is 2.40. The number of unbranched alkanes of at least 4 members (excludes halogenated alkanes) is 2. The molecule has 2 saturated heterocycles. The minimum absolute atomic E-state index is 0.0641. The first-order chi connectivity index (χ1) is 8.76. The molecule has 0 N–H and O–H groups in total. The van der Waals surface area contributed by atoms with Gasteiger partial charge in [0.2, 0.25) is 0 Å². The van der Waals surface area contributed by atoms with Gasteiger partial charge in [-0.3, -0.25) is 4.79 Å². The monoisotopic (exact) mass is 270 g/mol. The van der Waals surface area contributed by atoms with Crippen LogP contribution in [0.15, 0.2) is 0 Å². The zero-order chi connectivity index (χ0) is 12.8. The highest BCUT2D eigenvalue weighted by Crippen LogP contribution is 2.40. The summed E-state index contributed by atoms with van der Waals surface area (Å²) in [5, 5.41) is 0. The molecule has 2 fully saturated rings. The average molecular weight is 270 g/mol. The largest absolute Gasteiger partial charge is 0.375 e. The van der Waals surface area contributed by atoms with E-state index in [0.717, 1.165) is 45.1 Å². The van der Waals surface area contributed by atoms with E-state index in [9.17, 15) is 4.79 Å². The molecular formula is C15H26O2S. The molecular weight excluding hydrogens is 244 g/mol. The molecule has 3 heteroatoms. The van der Waals surface area contributed by atoms with Crippen molar-refractivity contribution in [1.29, 1.82) is 0 Å². The second-order valence-electron chi connectivity index (χ2n) is 5.76. The lowest BCUT2D eigenvalue weighted by Crippen LogP contribution is -2.44. The number of rotatable bonds is 5. The fraction of sp³-hybridized carbons (Fsp3) is 0.933. The molecule has 0 aromatic carbocycles. The number of thioether (sulfide) groups is 1. The van der Waals surface area contributed by atoms with Crippen LogP contribution in [0.1, 0.15) is 58.3 Å². The second-order valence-corrected chi connectivity index (χ2v) is 6.98. The first-order valence-corrected chi connectivity index (χ1v) is 8.66. The van der Waals surface area contributed by atoms with E-state index >= 15 is 0 Å². The molecule has 2 aliphatic heterocycles. The molecule has 0 aliphatic carbocycles. The standard InChI is InChI=1S/C15H26O2S/c1-2-3-4-5-14(16)13-6-9-17-15(12-13)7-10-18-11-8-15/h13H,2-12H2,1H3. The zero-order valence-electron chi connectivity index (χ0n) is 11.6. The number of ether oxygens (including phenoxy) is 1. The smallest absolute Gasteiger partial charge is 0.136 e. The highest BCUT2D eigenvalue weighted by atomic mass is 32.2. The van der Waals surface area contributed by atoms with Crippen LogP contribution in [-0.2, 0) is 9.53 Å². The third-order valence-electron chi connectivity index (χ3n) is 4.38. The van der Waals surface area contributed by atoms with Crippen molar-refractivity contribution in [2.75, 3.05) is 18.1 Å². The molecule has 104 valence electrons. The Hall–Kier alpha value is -0.0200. The van der Waals surface area contributed by atoms with Gasteiger partial charge in [0.05, 0.1) is 5.60 Å². The van der Waals surface area contributed by atoms with E-state index in [0.29, 0.717) is 11.7 Å². The van der Waals surface area contributed by atoms with Crippen LogP contribution in [-0.4, -0.2) is 29.5 Å². The van der Waals surface area contributed by atoms with Gasteiger partial charge in [0, 0.05) is 18.9 Å². The summed E-state index contributed by atoms with van der Waals surface area (Å²) in [6, 6.07) is 0. The summed E-state index contributed by atoms with van der Waals surface area (Å²) in [5.41, 5.74) is 0.0641. The summed E-state index contributed by atoms with van der Waals surface area (Å²) >= 11 is 2.02. The van der Waals surface area contributed by atoms with E-state index in [1.165, 1.54) is 24.3 Å². The van der Waals surface area contributed by atoms with Crippen LogP contribution < -0.4 is 0 Å².